The highest BCUT2D eigenvalue weighted by molar-refractivity contribution is 7.23. The summed E-state index contributed by atoms with van der Waals surface area (Å²) in [5.74, 6) is 0. The second-order valence-corrected chi connectivity index (χ2v) is 2.75. The molecule has 0 bridgehead atoms. The lowest BCUT2D eigenvalue weighted by Crippen LogP contribution is -1.82. The minimum absolute atomic E-state index is 1.22. The van der Waals surface area contributed by atoms with E-state index in [9.17, 15) is 0 Å². The lowest BCUT2D eigenvalue weighted by Gasteiger charge is -2.05. The van der Waals surface area contributed by atoms with Gasteiger partial charge in [0.1, 0.15) is 0 Å². The summed E-state index contributed by atoms with van der Waals surface area (Å²) in [6.45, 7) is 2.15. The third kappa shape index (κ3) is 1.20. The molecule has 1 aliphatic rings. The summed E-state index contributed by atoms with van der Waals surface area (Å²) in [6.07, 6.45) is 6.99. The van der Waals surface area contributed by atoms with Crippen LogP contribution in [-0.4, -0.2) is 0 Å². The van der Waals surface area contributed by atoms with Crippen molar-refractivity contribution < 1.29 is 0 Å². The van der Waals surface area contributed by atoms with E-state index in [2.05, 4.69) is 28.3 Å². The second kappa shape index (κ2) is 2.46. The summed E-state index contributed by atoms with van der Waals surface area (Å²) in [7, 11) is 2.74. The molecule has 0 nitrogen and oxygen atoms in total. The van der Waals surface area contributed by atoms with Gasteiger partial charge >= 0.3 is 0 Å². The van der Waals surface area contributed by atoms with E-state index < -0.39 is 0 Å². The van der Waals surface area contributed by atoms with E-state index in [1.807, 2.05) is 0 Å². The van der Waals surface area contributed by atoms with E-state index in [1.165, 1.54) is 23.7 Å². The molecule has 0 aromatic carbocycles. The fourth-order valence-electron chi connectivity index (χ4n) is 0.818. The van der Waals surface area contributed by atoms with Crippen LogP contribution in [0.1, 0.15) is 19.8 Å². The Bertz CT molecular complexity index is 124. The Kier molecular flexibility index (Phi) is 1.85. The highest BCUT2D eigenvalue weighted by atomic mass is 31.0. The first-order valence-corrected chi connectivity index (χ1v) is 3.51. The molecular weight excluding hydrogens is 115 g/mol. The topological polar surface area (TPSA) is 0 Å². The highest BCUT2D eigenvalue weighted by Gasteiger charge is 1.95. The molecule has 1 aliphatic carbocycles. The van der Waals surface area contributed by atoms with Gasteiger partial charge in [-0.25, -0.2) is 0 Å². The summed E-state index contributed by atoms with van der Waals surface area (Å²) in [5.41, 5.74) is 1.42. The molecule has 8 heavy (non-hydrogen) atoms. The van der Waals surface area contributed by atoms with Gasteiger partial charge in [-0.15, -0.1) is 9.24 Å². The molecule has 44 valence electrons. The molecule has 0 heterocycles. The van der Waals surface area contributed by atoms with Crippen molar-refractivity contribution >= 4 is 9.24 Å². The summed E-state index contributed by atoms with van der Waals surface area (Å²) in [4.78, 5) is 0. The smallest absolute Gasteiger partial charge is 0.0306 e. The van der Waals surface area contributed by atoms with Crippen molar-refractivity contribution in [1.82, 2.24) is 0 Å². The predicted molar refractivity (Wildman–Crippen MR) is 40.8 cm³/mol. The van der Waals surface area contributed by atoms with Gasteiger partial charge in [-0.2, -0.15) is 0 Å². The van der Waals surface area contributed by atoms with Gasteiger partial charge in [0.25, 0.3) is 0 Å². The van der Waals surface area contributed by atoms with E-state index in [4.69, 9.17) is 0 Å². The summed E-state index contributed by atoms with van der Waals surface area (Å²) < 4.78 is 0. The van der Waals surface area contributed by atoms with Crippen LogP contribution in [-0.2, 0) is 0 Å². The zero-order chi connectivity index (χ0) is 5.98. The molecule has 0 fully saturated rings. The van der Waals surface area contributed by atoms with Gasteiger partial charge in [-0.3, -0.25) is 0 Å². The molecule has 0 radical (unpaired) electrons. The molecule has 0 aromatic rings. The number of rotatable bonds is 0. The molecule has 0 spiro atoms. The van der Waals surface area contributed by atoms with Crippen molar-refractivity contribution in [3.63, 3.8) is 0 Å². The van der Waals surface area contributed by atoms with Crippen LogP contribution in [0.5, 0.6) is 0 Å². The minimum atomic E-state index is 1.22. The maximum atomic E-state index is 2.74. The molecule has 0 saturated heterocycles. The number of hydrogen-bond donors (Lipinski definition) is 0. The maximum Gasteiger partial charge on any atom is -0.0306 e. The van der Waals surface area contributed by atoms with Crippen molar-refractivity contribution in [1.29, 1.82) is 0 Å². The second-order valence-electron chi connectivity index (χ2n) is 2.12. The first kappa shape index (κ1) is 6.04. The standard InChI is InChI=1S/C7H11P/c1-6-4-2-3-5-7(6)8/h4-5H,2-3,8H2,1H3. The first-order valence-electron chi connectivity index (χ1n) is 2.93. The van der Waals surface area contributed by atoms with Crippen molar-refractivity contribution in [2.24, 2.45) is 0 Å². The van der Waals surface area contributed by atoms with Crippen molar-refractivity contribution in [2.45, 2.75) is 19.8 Å². The summed E-state index contributed by atoms with van der Waals surface area (Å²) >= 11 is 0. The fourth-order valence-corrected chi connectivity index (χ4v) is 1.10. The van der Waals surface area contributed by atoms with E-state index in [-0.39, 0.29) is 0 Å². The third-order valence-electron chi connectivity index (χ3n) is 1.44. The SMILES string of the molecule is CC1=CCCC=C1P. The molecular formula is C7H11P. The fraction of sp³-hybridized carbons (Fsp3) is 0.429. The molecule has 1 heteroatoms. The average molecular weight is 126 g/mol. The van der Waals surface area contributed by atoms with E-state index in [1.54, 1.807) is 0 Å². The lowest BCUT2D eigenvalue weighted by atomic mass is 10.1. The van der Waals surface area contributed by atoms with Gasteiger partial charge in [0.05, 0.1) is 0 Å². The number of allylic oxidation sites excluding steroid dienone is 4. The zero-order valence-electron chi connectivity index (χ0n) is 5.15. The van der Waals surface area contributed by atoms with Crippen LogP contribution in [0.25, 0.3) is 0 Å². The Labute approximate surface area is 52.9 Å². The van der Waals surface area contributed by atoms with Gasteiger partial charge in [-0.05, 0) is 30.7 Å². The summed E-state index contributed by atoms with van der Waals surface area (Å²) in [5, 5.41) is 1.37. The zero-order valence-corrected chi connectivity index (χ0v) is 6.30. The van der Waals surface area contributed by atoms with E-state index in [0.29, 0.717) is 0 Å². The molecule has 1 unspecified atom stereocenters. The average Bonchev–Trinajstić information content (AvgIpc) is 1.77. The molecule has 0 saturated carbocycles. The summed E-state index contributed by atoms with van der Waals surface area (Å²) in [6, 6.07) is 0. The molecule has 0 aromatic heterocycles. The van der Waals surface area contributed by atoms with Crippen LogP contribution in [0.2, 0.25) is 0 Å². The Hall–Kier alpha value is -0.0900. The van der Waals surface area contributed by atoms with Crippen LogP contribution in [0, 0.1) is 0 Å². The van der Waals surface area contributed by atoms with Crippen molar-refractivity contribution in [3.8, 4) is 0 Å². The van der Waals surface area contributed by atoms with Crippen LogP contribution in [0.3, 0.4) is 0 Å². The highest BCUT2D eigenvalue weighted by Crippen LogP contribution is 2.22. The third-order valence-corrected chi connectivity index (χ3v) is 2.13. The van der Waals surface area contributed by atoms with Crippen LogP contribution < -0.4 is 0 Å². The monoisotopic (exact) mass is 126 g/mol. The van der Waals surface area contributed by atoms with Crippen molar-refractivity contribution in [2.75, 3.05) is 0 Å². The number of hydrogen-bond acceptors (Lipinski definition) is 0. The maximum absolute atomic E-state index is 2.74. The van der Waals surface area contributed by atoms with Gasteiger partial charge in [0.2, 0.25) is 0 Å². The van der Waals surface area contributed by atoms with Gasteiger partial charge < -0.3 is 0 Å². The Morgan fingerprint density at radius 3 is 2.38 bits per heavy atom. The molecule has 1 atom stereocenters. The lowest BCUT2D eigenvalue weighted by molar-refractivity contribution is 1.01. The molecule has 0 aliphatic heterocycles. The Morgan fingerprint density at radius 2 is 2.00 bits per heavy atom. The first-order chi connectivity index (χ1) is 3.80. The van der Waals surface area contributed by atoms with E-state index in [0.717, 1.165) is 0 Å². The molecule has 0 N–H and O–H groups in total. The largest absolute Gasteiger partial charge is 0.106 e. The van der Waals surface area contributed by atoms with E-state index >= 15 is 0 Å². The molecule has 1 rings (SSSR count). The minimum Gasteiger partial charge on any atom is -0.106 e. The van der Waals surface area contributed by atoms with Gasteiger partial charge in [-0.1, -0.05) is 12.2 Å². The van der Waals surface area contributed by atoms with Crippen LogP contribution in [0.15, 0.2) is 23.0 Å². The van der Waals surface area contributed by atoms with Crippen LogP contribution in [0.4, 0.5) is 0 Å². The predicted octanol–water partition coefficient (Wildman–Crippen LogP) is 2.49. The van der Waals surface area contributed by atoms with Crippen molar-refractivity contribution in [3.05, 3.63) is 23.0 Å². The molecule has 0 amide bonds. The normalized spacial score (nSPS) is 19.8. The Morgan fingerprint density at radius 1 is 1.38 bits per heavy atom. The van der Waals surface area contributed by atoms with Crippen LogP contribution >= 0.6 is 9.24 Å². The quantitative estimate of drug-likeness (QED) is 0.437. The Balaban J connectivity index is 2.73. The van der Waals surface area contributed by atoms with Gasteiger partial charge in [0.15, 0.2) is 0 Å². The van der Waals surface area contributed by atoms with Gasteiger partial charge in [0, 0.05) is 0 Å².